The van der Waals surface area contributed by atoms with E-state index in [9.17, 15) is 9.18 Å². The highest BCUT2D eigenvalue weighted by Crippen LogP contribution is 2.43. The minimum absolute atomic E-state index is 0.194. The molecule has 5 nitrogen and oxygen atoms in total. The molecule has 0 aliphatic carbocycles. The lowest BCUT2D eigenvalue weighted by molar-refractivity contribution is -0.135. The van der Waals surface area contributed by atoms with Crippen molar-refractivity contribution in [3.8, 4) is 17.2 Å². The zero-order chi connectivity index (χ0) is 20.4. The number of carbonyl (C=O) groups excluding carboxylic acids is 1. The molecule has 4 rings (SSSR count). The first-order chi connectivity index (χ1) is 14.1. The number of rotatable bonds is 6. The largest absolute Gasteiger partial charge is 0.493 e. The van der Waals surface area contributed by atoms with Gasteiger partial charge in [0.1, 0.15) is 17.6 Å². The van der Waals surface area contributed by atoms with Crippen molar-refractivity contribution in [2.24, 2.45) is 0 Å². The van der Waals surface area contributed by atoms with Crippen LogP contribution in [0.4, 0.5) is 10.1 Å². The molecule has 2 atom stereocenters. The highest BCUT2D eigenvalue weighted by Gasteiger charge is 2.51. The van der Waals surface area contributed by atoms with Crippen LogP contribution in [0.3, 0.4) is 0 Å². The van der Waals surface area contributed by atoms with Crippen LogP contribution in [0.2, 0.25) is 0 Å². The van der Waals surface area contributed by atoms with Crippen LogP contribution in [0, 0.1) is 5.82 Å². The second-order valence-electron chi connectivity index (χ2n) is 6.60. The maximum atomic E-state index is 13.4. The second-order valence-corrected chi connectivity index (χ2v) is 6.60. The molecule has 1 heterocycles. The van der Waals surface area contributed by atoms with Crippen molar-refractivity contribution < 1.29 is 23.4 Å². The molecule has 6 heteroatoms. The van der Waals surface area contributed by atoms with E-state index < -0.39 is 12.1 Å². The molecule has 1 saturated heterocycles. The van der Waals surface area contributed by atoms with Crippen LogP contribution < -0.4 is 19.1 Å². The number of β-lactam (4-membered cyclic amide) rings is 1. The maximum absolute atomic E-state index is 13.4. The standard InChI is InChI=1S/C23H20FNO4/c1-27-19-13-8-15(14-20(19)28-2)21-22(29-18-6-4-3-5-7-18)23(26)25(21)17-11-9-16(24)10-12-17/h3-14,21-22H,1-2H3. The number of carbonyl (C=O) groups is 1. The number of benzene rings is 3. The van der Waals surface area contributed by atoms with Crippen LogP contribution in [-0.2, 0) is 4.79 Å². The zero-order valence-electron chi connectivity index (χ0n) is 16.0. The lowest BCUT2D eigenvalue weighted by atomic mass is 9.89. The Hall–Kier alpha value is -3.54. The van der Waals surface area contributed by atoms with Crippen LogP contribution in [0.15, 0.2) is 72.8 Å². The average Bonchev–Trinajstić information content (AvgIpc) is 2.77. The van der Waals surface area contributed by atoms with Gasteiger partial charge in [0, 0.05) is 5.69 Å². The Labute approximate surface area is 168 Å². The third-order valence-electron chi connectivity index (χ3n) is 4.91. The van der Waals surface area contributed by atoms with Crippen molar-refractivity contribution in [2.75, 3.05) is 19.1 Å². The van der Waals surface area contributed by atoms with Gasteiger partial charge in [-0.15, -0.1) is 0 Å². The minimum atomic E-state index is -0.708. The maximum Gasteiger partial charge on any atom is 0.271 e. The number of nitrogens with zero attached hydrogens (tertiary/aromatic N) is 1. The lowest BCUT2D eigenvalue weighted by Gasteiger charge is -2.46. The number of hydrogen-bond donors (Lipinski definition) is 0. The summed E-state index contributed by atoms with van der Waals surface area (Å²) in [5.74, 6) is 1.20. The number of hydrogen-bond acceptors (Lipinski definition) is 4. The van der Waals surface area contributed by atoms with E-state index in [1.807, 2.05) is 30.3 Å². The summed E-state index contributed by atoms with van der Waals surface area (Å²) in [7, 11) is 3.12. The SMILES string of the molecule is COc1ccc(C2C(Oc3ccccc3)C(=O)N2c2ccc(F)cc2)cc1OC. The summed E-state index contributed by atoms with van der Waals surface area (Å²) in [6, 6.07) is 20.1. The molecular weight excluding hydrogens is 373 g/mol. The molecule has 1 fully saturated rings. The molecule has 0 bridgehead atoms. The molecule has 3 aromatic rings. The van der Waals surface area contributed by atoms with Crippen molar-refractivity contribution in [2.45, 2.75) is 12.1 Å². The first-order valence-corrected chi connectivity index (χ1v) is 9.14. The number of anilines is 1. The van der Waals surface area contributed by atoms with Gasteiger partial charge in [0.15, 0.2) is 11.5 Å². The highest BCUT2D eigenvalue weighted by atomic mass is 19.1. The predicted molar refractivity (Wildman–Crippen MR) is 107 cm³/mol. The smallest absolute Gasteiger partial charge is 0.271 e. The van der Waals surface area contributed by atoms with E-state index in [0.717, 1.165) is 5.56 Å². The van der Waals surface area contributed by atoms with Gasteiger partial charge < -0.3 is 14.2 Å². The van der Waals surface area contributed by atoms with Gasteiger partial charge in [-0.2, -0.15) is 0 Å². The fourth-order valence-corrected chi connectivity index (χ4v) is 3.47. The van der Waals surface area contributed by atoms with Crippen LogP contribution >= 0.6 is 0 Å². The molecule has 148 valence electrons. The molecule has 29 heavy (non-hydrogen) atoms. The van der Waals surface area contributed by atoms with Crippen molar-refractivity contribution in [1.82, 2.24) is 0 Å². The van der Waals surface area contributed by atoms with Crippen molar-refractivity contribution in [3.05, 3.63) is 84.2 Å². The van der Waals surface area contributed by atoms with E-state index in [2.05, 4.69) is 0 Å². The zero-order valence-corrected chi connectivity index (χ0v) is 16.0. The Morgan fingerprint density at radius 1 is 0.862 bits per heavy atom. The Morgan fingerprint density at radius 2 is 1.55 bits per heavy atom. The molecular formula is C23H20FNO4. The summed E-state index contributed by atoms with van der Waals surface area (Å²) in [6.07, 6.45) is -0.708. The third-order valence-corrected chi connectivity index (χ3v) is 4.91. The topological polar surface area (TPSA) is 48.0 Å². The third kappa shape index (κ3) is 3.49. The van der Waals surface area contributed by atoms with Crippen LogP contribution in [-0.4, -0.2) is 26.2 Å². The monoisotopic (exact) mass is 393 g/mol. The molecule has 0 N–H and O–H groups in total. The van der Waals surface area contributed by atoms with Crippen LogP contribution in [0.1, 0.15) is 11.6 Å². The fraction of sp³-hybridized carbons (Fsp3) is 0.174. The minimum Gasteiger partial charge on any atom is -0.493 e. The van der Waals surface area contributed by atoms with E-state index >= 15 is 0 Å². The summed E-state index contributed by atoms with van der Waals surface area (Å²) in [5, 5.41) is 0. The fourth-order valence-electron chi connectivity index (χ4n) is 3.47. The first-order valence-electron chi connectivity index (χ1n) is 9.14. The normalized spacial score (nSPS) is 18.2. The number of methoxy groups -OCH3 is 2. The van der Waals surface area contributed by atoms with Gasteiger partial charge in [0.2, 0.25) is 6.10 Å². The molecule has 2 unspecified atom stereocenters. The number of amides is 1. The molecule has 0 saturated carbocycles. The number of ether oxygens (including phenoxy) is 3. The Morgan fingerprint density at radius 3 is 2.21 bits per heavy atom. The molecule has 3 aromatic carbocycles. The summed E-state index contributed by atoms with van der Waals surface area (Å²) in [6.45, 7) is 0. The van der Waals surface area contributed by atoms with Gasteiger partial charge in [-0.1, -0.05) is 24.3 Å². The molecule has 1 aliphatic rings. The molecule has 1 aliphatic heterocycles. The van der Waals surface area contributed by atoms with Gasteiger partial charge in [-0.3, -0.25) is 9.69 Å². The van der Waals surface area contributed by atoms with E-state index in [1.165, 1.54) is 12.1 Å². The quantitative estimate of drug-likeness (QED) is 0.583. The average molecular weight is 393 g/mol. The Bertz CT molecular complexity index is 1010. The van der Waals surface area contributed by atoms with E-state index in [1.54, 1.807) is 49.5 Å². The van der Waals surface area contributed by atoms with Gasteiger partial charge in [-0.25, -0.2) is 4.39 Å². The van der Waals surface area contributed by atoms with Crippen molar-refractivity contribution in [3.63, 3.8) is 0 Å². The Balaban J connectivity index is 1.72. The van der Waals surface area contributed by atoms with Crippen LogP contribution in [0.5, 0.6) is 17.2 Å². The molecule has 0 radical (unpaired) electrons. The summed E-state index contributed by atoms with van der Waals surface area (Å²) >= 11 is 0. The van der Waals surface area contributed by atoms with Crippen molar-refractivity contribution >= 4 is 11.6 Å². The van der Waals surface area contributed by atoms with Gasteiger partial charge in [0.05, 0.1) is 14.2 Å². The Kier molecular flexibility index (Phi) is 5.08. The molecule has 0 spiro atoms. The highest BCUT2D eigenvalue weighted by molar-refractivity contribution is 6.05. The summed E-state index contributed by atoms with van der Waals surface area (Å²) < 4.78 is 30.1. The lowest BCUT2D eigenvalue weighted by Crippen LogP contribution is -2.61. The summed E-state index contributed by atoms with van der Waals surface area (Å²) in [5.41, 5.74) is 1.43. The van der Waals surface area contributed by atoms with Gasteiger partial charge in [-0.05, 0) is 54.1 Å². The first kappa shape index (κ1) is 18.8. The van der Waals surface area contributed by atoms with E-state index in [0.29, 0.717) is 22.9 Å². The number of halogens is 1. The molecule has 1 amide bonds. The van der Waals surface area contributed by atoms with E-state index in [-0.39, 0.29) is 11.7 Å². The second kappa shape index (κ2) is 7.83. The van der Waals surface area contributed by atoms with Gasteiger partial charge >= 0.3 is 0 Å². The van der Waals surface area contributed by atoms with Gasteiger partial charge in [0.25, 0.3) is 5.91 Å². The van der Waals surface area contributed by atoms with Crippen LogP contribution in [0.25, 0.3) is 0 Å². The number of para-hydroxylation sites is 1. The predicted octanol–water partition coefficient (Wildman–Crippen LogP) is 4.38. The molecule has 0 aromatic heterocycles. The van der Waals surface area contributed by atoms with E-state index in [4.69, 9.17) is 14.2 Å². The van der Waals surface area contributed by atoms with Crippen molar-refractivity contribution in [1.29, 1.82) is 0 Å². The summed E-state index contributed by atoms with van der Waals surface area (Å²) in [4.78, 5) is 14.6.